The normalized spacial score (nSPS) is 19.7. The summed E-state index contributed by atoms with van der Waals surface area (Å²) in [6, 6.07) is 8.43. The van der Waals surface area contributed by atoms with E-state index in [1.807, 2.05) is 24.1 Å². The fraction of sp³-hybridized carbons (Fsp3) is 0.480. The zero-order valence-corrected chi connectivity index (χ0v) is 19.3. The lowest BCUT2D eigenvalue weighted by Gasteiger charge is -2.47. The Labute approximate surface area is 189 Å². The number of aryl methyl sites for hydroxylation is 2. The highest BCUT2D eigenvalue weighted by Crippen LogP contribution is 2.47. The molecule has 0 unspecified atom stereocenters. The summed E-state index contributed by atoms with van der Waals surface area (Å²) < 4.78 is 7.70. The molecule has 3 aromatic heterocycles. The first-order valence-electron chi connectivity index (χ1n) is 11.6. The maximum absolute atomic E-state index is 13.7. The van der Waals surface area contributed by atoms with E-state index in [4.69, 9.17) is 9.51 Å². The minimum Gasteiger partial charge on any atom is -0.360 e. The van der Waals surface area contributed by atoms with Gasteiger partial charge in [-0.1, -0.05) is 25.9 Å². The molecule has 2 aliphatic rings. The van der Waals surface area contributed by atoms with Gasteiger partial charge >= 0.3 is 0 Å². The SMILES string of the molecule is CCCc1onc(C)c1C(=O)N1CC[C@]2(C1)c1cccn1-c1ncccc1N2CC(C)C. The Balaban J connectivity index is 1.56. The van der Waals surface area contributed by atoms with Gasteiger partial charge in [0.2, 0.25) is 0 Å². The van der Waals surface area contributed by atoms with Crippen LogP contribution >= 0.6 is 0 Å². The summed E-state index contributed by atoms with van der Waals surface area (Å²) in [7, 11) is 0. The number of pyridine rings is 1. The van der Waals surface area contributed by atoms with Crippen molar-refractivity contribution >= 4 is 11.6 Å². The summed E-state index contributed by atoms with van der Waals surface area (Å²) in [6.45, 7) is 10.7. The van der Waals surface area contributed by atoms with Crippen molar-refractivity contribution < 1.29 is 9.32 Å². The van der Waals surface area contributed by atoms with Crippen LogP contribution in [0.15, 0.2) is 41.2 Å². The van der Waals surface area contributed by atoms with E-state index < -0.39 is 0 Å². The largest absolute Gasteiger partial charge is 0.360 e. The lowest BCUT2D eigenvalue weighted by molar-refractivity contribution is 0.0779. The maximum Gasteiger partial charge on any atom is 0.259 e. The van der Waals surface area contributed by atoms with Gasteiger partial charge in [-0.2, -0.15) is 0 Å². The number of likely N-dealkylation sites (tertiary alicyclic amines) is 1. The molecule has 0 aromatic carbocycles. The quantitative estimate of drug-likeness (QED) is 0.599. The number of hydrogen-bond acceptors (Lipinski definition) is 5. The van der Waals surface area contributed by atoms with Crippen molar-refractivity contribution in [3.8, 4) is 5.82 Å². The number of amides is 1. The van der Waals surface area contributed by atoms with E-state index >= 15 is 0 Å². The van der Waals surface area contributed by atoms with Crippen molar-refractivity contribution in [2.24, 2.45) is 5.92 Å². The van der Waals surface area contributed by atoms with Crippen LogP contribution in [0.25, 0.3) is 5.82 Å². The van der Waals surface area contributed by atoms with E-state index in [-0.39, 0.29) is 11.4 Å². The zero-order chi connectivity index (χ0) is 22.5. The molecule has 168 valence electrons. The van der Waals surface area contributed by atoms with Crippen molar-refractivity contribution in [2.75, 3.05) is 24.5 Å². The zero-order valence-electron chi connectivity index (χ0n) is 19.3. The second kappa shape index (κ2) is 7.80. The molecule has 1 amide bonds. The van der Waals surface area contributed by atoms with Gasteiger partial charge in [0.05, 0.1) is 17.1 Å². The number of anilines is 1. The molecule has 1 saturated heterocycles. The fourth-order valence-corrected chi connectivity index (χ4v) is 5.38. The number of hydrogen-bond donors (Lipinski definition) is 0. The highest BCUT2D eigenvalue weighted by Gasteiger charge is 2.51. The molecule has 5 rings (SSSR count). The van der Waals surface area contributed by atoms with Crippen molar-refractivity contribution in [3.63, 3.8) is 0 Å². The number of carbonyl (C=O) groups is 1. The number of fused-ring (bicyclic) bond motifs is 4. The van der Waals surface area contributed by atoms with Crippen molar-refractivity contribution in [3.05, 3.63) is 59.4 Å². The lowest BCUT2D eigenvalue weighted by atomic mass is 9.88. The summed E-state index contributed by atoms with van der Waals surface area (Å²) in [5, 5.41) is 4.10. The molecule has 0 N–H and O–H groups in total. The van der Waals surface area contributed by atoms with Gasteiger partial charge < -0.3 is 18.9 Å². The van der Waals surface area contributed by atoms with Gasteiger partial charge in [0.15, 0.2) is 5.82 Å². The van der Waals surface area contributed by atoms with Crippen molar-refractivity contribution in [1.29, 1.82) is 0 Å². The number of carbonyl (C=O) groups excluding carboxylic acids is 1. The van der Waals surface area contributed by atoms with E-state index in [1.165, 1.54) is 5.69 Å². The first-order valence-corrected chi connectivity index (χ1v) is 11.6. The predicted molar refractivity (Wildman–Crippen MR) is 123 cm³/mol. The average Bonchev–Trinajstić information content (AvgIpc) is 3.51. The van der Waals surface area contributed by atoms with Crippen LogP contribution < -0.4 is 4.90 Å². The minimum absolute atomic E-state index is 0.0312. The van der Waals surface area contributed by atoms with Gasteiger partial charge in [-0.15, -0.1) is 0 Å². The van der Waals surface area contributed by atoms with Crippen LogP contribution in [-0.4, -0.2) is 45.1 Å². The lowest BCUT2D eigenvalue weighted by Crippen LogP contribution is -2.54. The first-order chi connectivity index (χ1) is 15.5. The Morgan fingerprint density at radius 1 is 1.28 bits per heavy atom. The van der Waals surface area contributed by atoms with Gasteiger partial charge in [-0.3, -0.25) is 4.79 Å². The van der Waals surface area contributed by atoms with Gasteiger partial charge in [0.1, 0.15) is 16.9 Å². The predicted octanol–water partition coefficient (Wildman–Crippen LogP) is 4.34. The second-order valence-electron chi connectivity index (χ2n) is 9.44. The Hall–Kier alpha value is -3.09. The summed E-state index contributed by atoms with van der Waals surface area (Å²) >= 11 is 0. The molecule has 7 nitrogen and oxygen atoms in total. The highest BCUT2D eigenvalue weighted by molar-refractivity contribution is 5.96. The third kappa shape index (κ3) is 3.05. The van der Waals surface area contributed by atoms with Gasteiger partial charge in [-0.05, 0) is 49.9 Å². The highest BCUT2D eigenvalue weighted by atomic mass is 16.5. The smallest absolute Gasteiger partial charge is 0.259 e. The van der Waals surface area contributed by atoms with Crippen molar-refractivity contribution in [2.45, 2.75) is 52.5 Å². The monoisotopic (exact) mass is 433 g/mol. The third-order valence-corrected chi connectivity index (χ3v) is 6.73. The van der Waals surface area contributed by atoms with Gasteiger partial charge in [0, 0.05) is 38.4 Å². The van der Waals surface area contributed by atoms with Crippen LogP contribution in [-0.2, 0) is 12.0 Å². The molecule has 1 fully saturated rings. The fourth-order valence-electron chi connectivity index (χ4n) is 5.38. The molecule has 3 aromatic rings. The van der Waals surface area contributed by atoms with Crippen LogP contribution in [0.2, 0.25) is 0 Å². The summed E-state index contributed by atoms with van der Waals surface area (Å²) in [6.07, 6.45) is 6.45. The molecule has 0 radical (unpaired) electrons. The Kier molecular flexibility index (Phi) is 5.07. The summed E-state index contributed by atoms with van der Waals surface area (Å²) in [5.74, 6) is 2.17. The molecular formula is C25H31N5O2. The third-order valence-electron chi connectivity index (χ3n) is 6.73. The van der Waals surface area contributed by atoms with Crippen LogP contribution in [0.4, 0.5) is 5.69 Å². The molecule has 0 bridgehead atoms. The van der Waals surface area contributed by atoms with Crippen molar-refractivity contribution in [1.82, 2.24) is 19.6 Å². The van der Waals surface area contributed by atoms with Crippen LogP contribution in [0.1, 0.15) is 61.1 Å². The molecule has 1 spiro atoms. The Morgan fingerprint density at radius 2 is 2.12 bits per heavy atom. The molecule has 7 heteroatoms. The van der Waals surface area contributed by atoms with Crippen LogP contribution in [0, 0.1) is 12.8 Å². The minimum atomic E-state index is -0.282. The molecule has 1 atom stereocenters. The molecule has 5 heterocycles. The summed E-state index contributed by atoms with van der Waals surface area (Å²) in [5.41, 5.74) is 3.38. The van der Waals surface area contributed by atoms with E-state index in [1.54, 1.807) is 0 Å². The molecule has 0 saturated carbocycles. The second-order valence-corrected chi connectivity index (χ2v) is 9.44. The van der Waals surface area contributed by atoms with E-state index in [0.29, 0.717) is 36.0 Å². The topological polar surface area (TPSA) is 67.4 Å². The molecule has 2 aliphatic heterocycles. The Bertz CT molecular complexity index is 1150. The van der Waals surface area contributed by atoms with Crippen LogP contribution in [0.5, 0.6) is 0 Å². The van der Waals surface area contributed by atoms with E-state index in [9.17, 15) is 4.79 Å². The molecule has 0 aliphatic carbocycles. The molecular weight excluding hydrogens is 402 g/mol. The number of aromatic nitrogens is 3. The Morgan fingerprint density at radius 3 is 2.91 bits per heavy atom. The maximum atomic E-state index is 13.7. The number of nitrogens with zero attached hydrogens (tertiary/aromatic N) is 5. The summed E-state index contributed by atoms with van der Waals surface area (Å²) in [4.78, 5) is 22.9. The number of rotatable bonds is 5. The van der Waals surface area contributed by atoms with Gasteiger partial charge in [-0.25, -0.2) is 4.98 Å². The standard InChI is InChI=1S/C25H31N5O2/c1-5-8-20-22(18(4)27-32-20)24(31)28-14-11-25(16-28)21-10-7-13-29(21)23-19(9-6-12-26-23)30(25)15-17(2)3/h6-7,9-10,12-13,17H,5,8,11,14-16H2,1-4H3/t25-/m0/s1. The van der Waals surface area contributed by atoms with Gasteiger partial charge in [0.25, 0.3) is 5.91 Å². The van der Waals surface area contributed by atoms with E-state index in [0.717, 1.165) is 37.3 Å². The van der Waals surface area contributed by atoms with E-state index in [2.05, 4.69) is 59.8 Å². The first kappa shape index (κ1) is 20.8. The molecule has 32 heavy (non-hydrogen) atoms. The van der Waals surface area contributed by atoms with Crippen LogP contribution in [0.3, 0.4) is 0 Å². The average molecular weight is 434 g/mol.